The molecule has 0 aliphatic carbocycles. The maximum atomic E-state index is 11.9. The largest absolute Gasteiger partial charge is 0.497 e. The second-order valence-corrected chi connectivity index (χ2v) is 5.73. The minimum Gasteiger partial charge on any atom is -0.497 e. The Kier molecular flexibility index (Phi) is 5.38. The number of carbonyl (C=O) groups is 2. The summed E-state index contributed by atoms with van der Waals surface area (Å²) in [6.07, 6.45) is -0.167. The fraction of sp³-hybridized carbons (Fsp3) is 0.385. The number of benzene rings is 1. The van der Waals surface area contributed by atoms with Gasteiger partial charge in [0.1, 0.15) is 5.75 Å². The Morgan fingerprint density at radius 1 is 1.40 bits per heavy atom. The number of hydrogen-bond acceptors (Lipinski definition) is 3. The van der Waals surface area contributed by atoms with Gasteiger partial charge in [-0.05, 0) is 41.9 Å². The highest BCUT2D eigenvalue weighted by Gasteiger charge is 2.24. The third-order valence-electron chi connectivity index (χ3n) is 2.47. The monoisotopic (exact) mass is 344 g/mol. The lowest BCUT2D eigenvalue weighted by Crippen LogP contribution is -2.46. The van der Waals surface area contributed by atoms with Gasteiger partial charge in [-0.2, -0.15) is 0 Å². The number of urea groups is 1. The van der Waals surface area contributed by atoms with Gasteiger partial charge in [0.25, 0.3) is 0 Å². The van der Waals surface area contributed by atoms with Gasteiger partial charge in [-0.25, -0.2) is 4.79 Å². The lowest BCUT2D eigenvalue weighted by atomic mass is 10.0. The van der Waals surface area contributed by atoms with E-state index in [4.69, 9.17) is 9.84 Å². The van der Waals surface area contributed by atoms with Crippen LogP contribution in [0.3, 0.4) is 0 Å². The molecule has 0 fully saturated rings. The summed E-state index contributed by atoms with van der Waals surface area (Å²) in [4.78, 5) is 22.6. The molecule has 0 saturated heterocycles. The third-order valence-corrected chi connectivity index (χ3v) is 3.16. The van der Waals surface area contributed by atoms with Gasteiger partial charge in [0, 0.05) is 16.1 Å². The fourth-order valence-corrected chi connectivity index (χ4v) is 1.96. The molecule has 0 spiro atoms. The van der Waals surface area contributed by atoms with Gasteiger partial charge in [-0.3, -0.25) is 4.79 Å². The molecular weight excluding hydrogens is 328 g/mol. The summed E-state index contributed by atoms with van der Waals surface area (Å²) >= 11 is 3.32. The molecule has 6 nitrogen and oxygen atoms in total. The van der Waals surface area contributed by atoms with Crippen LogP contribution in [0.5, 0.6) is 5.75 Å². The molecule has 0 aliphatic rings. The zero-order valence-electron chi connectivity index (χ0n) is 11.5. The number of carboxylic acids is 1. The Bertz CT molecular complexity index is 517. The van der Waals surface area contributed by atoms with E-state index in [2.05, 4.69) is 26.6 Å². The molecular formula is C13H17BrN2O4. The van der Waals surface area contributed by atoms with Gasteiger partial charge in [-0.15, -0.1) is 0 Å². The van der Waals surface area contributed by atoms with Crippen LogP contribution in [0.15, 0.2) is 22.7 Å². The first-order chi connectivity index (χ1) is 9.23. The number of halogens is 1. The van der Waals surface area contributed by atoms with Crippen molar-refractivity contribution in [1.29, 1.82) is 0 Å². The second-order valence-electron chi connectivity index (χ2n) is 4.88. The Hall–Kier alpha value is -1.76. The molecule has 2 amide bonds. The van der Waals surface area contributed by atoms with Crippen LogP contribution in [0.1, 0.15) is 20.3 Å². The summed E-state index contributed by atoms with van der Waals surface area (Å²) in [5, 5.41) is 14.0. The maximum Gasteiger partial charge on any atom is 0.319 e. The number of aliphatic carboxylic acids is 1. The SMILES string of the molecule is COc1ccc(Br)c(NC(=O)NC(C)(C)CC(=O)O)c1. The van der Waals surface area contributed by atoms with Crippen molar-refractivity contribution in [3.05, 3.63) is 22.7 Å². The normalized spacial score (nSPS) is 10.8. The van der Waals surface area contributed by atoms with Gasteiger partial charge < -0.3 is 20.5 Å². The van der Waals surface area contributed by atoms with E-state index in [-0.39, 0.29) is 6.42 Å². The van der Waals surface area contributed by atoms with Gasteiger partial charge in [0.2, 0.25) is 0 Å². The van der Waals surface area contributed by atoms with Crippen molar-refractivity contribution in [3.63, 3.8) is 0 Å². The van der Waals surface area contributed by atoms with Crippen LogP contribution in [-0.4, -0.2) is 29.8 Å². The van der Waals surface area contributed by atoms with Gasteiger partial charge >= 0.3 is 12.0 Å². The number of rotatable bonds is 5. The van der Waals surface area contributed by atoms with E-state index in [9.17, 15) is 9.59 Å². The van der Waals surface area contributed by atoms with Crippen LogP contribution in [-0.2, 0) is 4.79 Å². The first-order valence-electron chi connectivity index (χ1n) is 5.88. The summed E-state index contributed by atoms with van der Waals surface area (Å²) in [6.45, 7) is 3.28. The van der Waals surface area contributed by atoms with E-state index >= 15 is 0 Å². The molecule has 7 heteroatoms. The smallest absolute Gasteiger partial charge is 0.319 e. The van der Waals surface area contributed by atoms with Crippen molar-refractivity contribution in [2.45, 2.75) is 25.8 Å². The summed E-state index contributed by atoms with van der Waals surface area (Å²) in [5.74, 6) is -0.369. The Balaban J connectivity index is 2.73. The molecule has 3 N–H and O–H groups in total. The Morgan fingerprint density at radius 3 is 2.60 bits per heavy atom. The number of nitrogens with one attached hydrogen (secondary N) is 2. The first-order valence-corrected chi connectivity index (χ1v) is 6.67. The van der Waals surface area contributed by atoms with Crippen LogP contribution >= 0.6 is 15.9 Å². The Morgan fingerprint density at radius 2 is 2.05 bits per heavy atom. The van der Waals surface area contributed by atoms with E-state index in [1.807, 2.05) is 0 Å². The van der Waals surface area contributed by atoms with Gasteiger partial charge in [0.15, 0.2) is 0 Å². The molecule has 0 radical (unpaired) electrons. The van der Waals surface area contributed by atoms with E-state index in [1.54, 1.807) is 32.0 Å². The first kappa shape index (κ1) is 16.3. The molecule has 1 aromatic carbocycles. The average molecular weight is 345 g/mol. The predicted molar refractivity (Wildman–Crippen MR) is 79.2 cm³/mol. The summed E-state index contributed by atoms with van der Waals surface area (Å²) in [5.41, 5.74) is -0.311. The van der Waals surface area contributed by atoms with E-state index in [0.29, 0.717) is 15.9 Å². The molecule has 0 atom stereocenters. The molecule has 0 aliphatic heterocycles. The average Bonchev–Trinajstić information content (AvgIpc) is 2.29. The summed E-state index contributed by atoms with van der Waals surface area (Å²) in [6, 6.07) is 4.68. The fourth-order valence-electron chi connectivity index (χ4n) is 1.61. The molecule has 0 unspecified atom stereocenters. The highest BCUT2D eigenvalue weighted by molar-refractivity contribution is 9.10. The van der Waals surface area contributed by atoms with Crippen LogP contribution in [0, 0.1) is 0 Å². The number of hydrogen-bond donors (Lipinski definition) is 3. The lowest BCUT2D eigenvalue weighted by molar-refractivity contribution is -0.138. The van der Waals surface area contributed by atoms with Crippen LogP contribution in [0.4, 0.5) is 10.5 Å². The van der Waals surface area contributed by atoms with Gasteiger partial charge in [-0.1, -0.05) is 0 Å². The number of amides is 2. The molecule has 0 bridgehead atoms. The Labute approximate surface area is 125 Å². The minimum atomic E-state index is -0.974. The predicted octanol–water partition coefficient (Wildman–Crippen LogP) is 2.83. The van der Waals surface area contributed by atoms with E-state index in [0.717, 1.165) is 0 Å². The highest BCUT2D eigenvalue weighted by Crippen LogP contribution is 2.27. The zero-order chi connectivity index (χ0) is 15.3. The molecule has 0 aromatic heterocycles. The maximum absolute atomic E-state index is 11.9. The van der Waals surface area contributed by atoms with Crippen molar-refractivity contribution >= 4 is 33.6 Å². The van der Waals surface area contributed by atoms with Crippen LogP contribution in [0.2, 0.25) is 0 Å². The van der Waals surface area contributed by atoms with E-state index < -0.39 is 17.5 Å². The standard InChI is InChI=1S/C13H17BrN2O4/c1-13(2,7-11(17)18)16-12(19)15-10-6-8(20-3)4-5-9(10)14/h4-6H,7H2,1-3H3,(H,17,18)(H2,15,16,19). The quantitative estimate of drug-likeness (QED) is 0.766. The molecule has 0 heterocycles. The van der Waals surface area contributed by atoms with Crippen LogP contribution in [0.25, 0.3) is 0 Å². The summed E-state index contributed by atoms with van der Waals surface area (Å²) in [7, 11) is 1.53. The second kappa shape index (κ2) is 6.60. The molecule has 1 rings (SSSR count). The highest BCUT2D eigenvalue weighted by atomic mass is 79.9. The number of ether oxygens (including phenoxy) is 1. The van der Waals surface area contributed by atoms with Crippen molar-refractivity contribution < 1.29 is 19.4 Å². The molecule has 20 heavy (non-hydrogen) atoms. The number of carboxylic acid groups (broad SMARTS) is 1. The third kappa shape index (κ3) is 5.08. The number of anilines is 1. The lowest BCUT2D eigenvalue weighted by Gasteiger charge is -2.24. The summed E-state index contributed by atoms with van der Waals surface area (Å²) < 4.78 is 5.77. The van der Waals surface area contributed by atoms with Gasteiger partial charge in [0.05, 0.1) is 19.2 Å². The van der Waals surface area contributed by atoms with Crippen LogP contribution < -0.4 is 15.4 Å². The molecule has 1 aromatic rings. The number of carbonyl (C=O) groups excluding carboxylic acids is 1. The van der Waals surface area contributed by atoms with Crippen molar-refractivity contribution in [2.75, 3.05) is 12.4 Å². The van der Waals surface area contributed by atoms with Crippen molar-refractivity contribution in [2.24, 2.45) is 0 Å². The number of methoxy groups -OCH3 is 1. The molecule has 0 saturated carbocycles. The van der Waals surface area contributed by atoms with Crippen molar-refractivity contribution in [1.82, 2.24) is 5.32 Å². The van der Waals surface area contributed by atoms with E-state index in [1.165, 1.54) is 7.11 Å². The van der Waals surface area contributed by atoms with Crippen molar-refractivity contribution in [3.8, 4) is 5.75 Å². The molecule has 110 valence electrons. The minimum absolute atomic E-state index is 0.167. The zero-order valence-corrected chi connectivity index (χ0v) is 13.1. The topological polar surface area (TPSA) is 87.7 Å².